The summed E-state index contributed by atoms with van der Waals surface area (Å²) in [7, 11) is 0. The average molecular weight is 344 g/mol. The summed E-state index contributed by atoms with van der Waals surface area (Å²) >= 11 is 0. The predicted molar refractivity (Wildman–Crippen MR) is 80.9 cm³/mol. The fourth-order valence-electron chi connectivity index (χ4n) is 2.41. The summed E-state index contributed by atoms with van der Waals surface area (Å²) in [4.78, 5) is 25.7. The van der Waals surface area contributed by atoms with Crippen molar-refractivity contribution in [2.75, 3.05) is 11.9 Å². The molecule has 2 rings (SSSR count). The number of likely N-dealkylation sites (tertiary alicyclic amines) is 1. The van der Waals surface area contributed by atoms with Crippen LogP contribution in [0.1, 0.15) is 33.6 Å². The number of anilines is 1. The second kappa shape index (κ2) is 6.70. The Bertz CT molecular complexity index is 659. The standard InChI is InChI=1S/C16H19F3N2O3/c1-16(2,3)24-15(23)21-6-4-5-13(21)14(22)20-12-8-10(18)9(17)7-11(12)19/h7-8,13H,4-6H2,1-3H3,(H,20,22)/t13-/m1/s1. The van der Waals surface area contributed by atoms with Crippen LogP contribution in [0.5, 0.6) is 0 Å². The van der Waals surface area contributed by atoms with Gasteiger partial charge in [0.25, 0.3) is 0 Å². The van der Waals surface area contributed by atoms with Crippen molar-refractivity contribution in [1.82, 2.24) is 4.90 Å². The summed E-state index contributed by atoms with van der Waals surface area (Å²) in [5.41, 5.74) is -1.19. The molecule has 0 aliphatic carbocycles. The van der Waals surface area contributed by atoms with Gasteiger partial charge >= 0.3 is 6.09 Å². The van der Waals surface area contributed by atoms with Gasteiger partial charge < -0.3 is 10.1 Å². The lowest BCUT2D eigenvalue weighted by molar-refractivity contribution is -0.120. The SMILES string of the molecule is CC(C)(C)OC(=O)N1CCC[C@@H]1C(=O)Nc1cc(F)c(F)cc1F. The first-order chi connectivity index (χ1) is 11.1. The van der Waals surface area contributed by atoms with E-state index < -0.39 is 46.8 Å². The molecule has 24 heavy (non-hydrogen) atoms. The summed E-state index contributed by atoms with van der Waals surface area (Å²) in [6.45, 7) is 5.43. The van der Waals surface area contributed by atoms with E-state index in [0.717, 1.165) is 0 Å². The molecule has 8 heteroatoms. The number of nitrogens with zero attached hydrogens (tertiary/aromatic N) is 1. The number of nitrogens with one attached hydrogen (secondary N) is 1. The molecule has 1 aromatic carbocycles. The highest BCUT2D eigenvalue weighted by molar-refractivity contribution is 5.97. The van der Waals surface area contributed by atoms with Crippen molar-refractivity contribution >= 4 is 17.7 Å². The number of carbonyl (C=O) groups is 2. The van der Waals surface area contributed by atoms with Crippen LogP contribution in [0.4, 0.5) is 23.7 Å². The first kappa shape index (κ1) is 18.1. The van der Waals surface area contributed by atoms with Crippen molar-refractivity contribution < 1.29 is 27.5 Å². The first-order valence-electron chi connectivity index (χ1n) is 7.53. The zero-order valence-corrected chi connectivity index (χ0v) is 13.7. The van der Waals surface area contributed by atoms with Gasteiger partial charge in [0.05, 0.1) is 5.69 Å². The van der Waals surface area contributed by atoms with E-state index in [-0.39, 0.29) is 0 Å². The molecule has 0 saturated carbocycles. The number of rotatable bonds is 2. The maximum absolute atomic E-state index is 13.6. The number of halogens is 3. The first-order valence-corrected chi connectivity index (χ1v) is 7.53. The highest BCUT2D eigenvalue weighted by Crippen LogP contribution is 2.24. The molecular formula is C16H19F3N2O3. The fraction of sp³-hybridized carbons (Fsp3) is 0.500. The largest absolute Gasteiger partial charge is 0.444 e. The molecule has 1 N–H and O–H groups in total. The monoisotopic (exact) mass is 344 g/mol. The van der Waals surface area contributed by atoms with E-state index in [0.29, 0.717) is 31.5 Å². The minimum Gasteiger partial charge on any atom is -0.444 e. The molecule has 1 fully saturated rings. The van der Waals surface area contributed by atoms with Crippen LogP contribution in [0, 0.1) is 17.5 Å². The second-order valence-electron chi connectivity index (χ2n) is 6.57. The molecule has 0 aromatic heterocycles. The number of benzene rings is 1. The molecule has 1 aromatic rings. The zero-order chi connectivity index (χ0) is 18.1. The molecule has 1 atom stereocenters. The van der Waals surface area contributed by atoms with E-state index in [1.807, 2.05) is 0 Å². The zero-order valence-electron chi connectivity index (χ0n) is 13.7. The molecule has 0 radical (unpaired) electrons. The Kier molecular flexibility index (Phi) is 5.05. The van der Waals surface area contributed by atoms with Crippen molar-refractivity contribution in [3.8, 4) is 0 Å². The normalized spacial score (nSPS) is 17.8. The van der Waals surface area contributed by atoms with E-state index in [1.54, 1.807) is 20.8 Å². The van der Waals surface area contributed by atoms with E-state index in [9.17, 15) is 22.8 Å². The van der Waals surface area contributed by atoms with Crippen molar-refractivity contribution in [3.63, 3.8) is 0 Å². The topological polar surface area (TPSA) is 58.6 Å². The summed E-state index contributed by atoms with van der Waals surface area (Å²) < 4.78 is 45.0. The van der Waals surface area contributed by atoms with Crippen LogP contribution in [-0.4, -0.2) is 35.1 Å². The maximum Gasteiger partial charge on any atom is 0.410 e. The Morgan fingerprint density at radius 3 is 2.42 bits per heavy atom. The van der Waals surface area contributed by atoms with E-state index in [4.69, 9.17) is 4.74 Å². The summed E-state index contributed by atoms with van der Waals surface area (Å²) in [6, 6.07) is 0.0629. The van der Waals surface area contributed by atoms with Crippen LogP contribution < -0.4 is 5.32 Å². The number of hydrogen-bond acceptors (Lipinski definition) is 3. The molecule has 1 aliphatic heterocycles. The fourth-order valence-corrected chi connectivity index (χ4v) is 2.41. The molecule has 2 amide bonds. The second-order valence-corrected chi connectivity index (χ2v) is 6.57. The average Bonchev–Trinajstić information content (AvgIpc) is 2.92. The van der Waals surface area contributed by atoms with Gasteiger partial charge in [0.15, 0.2) is 11.6 Å². The molecule has 5 nitrogen and oxygen atoms in total. The third-order valence-corrected chi connectivity index (χ3v) is 3.45. The summed E-state index contributed by atoms with van der Waals surface area (Å²) in [6.07, 6.45) is 0.305. The van der Waals surface area contributed by atoms with Gasteiger partial charge in [0.2, 0.25) is 5.91 Å². The maximum atomic E-state index is 13.6. The Morgan fingerprint density at radius 2 is 1.79 bits per heavy atom. The van der Waals surface area contributed by atoms with Gasteiger partial charge in [0.1, 0.15) is 17.5 Å². The lowest BCUT2D eigenvalue weighted by atomic mass is 10.2. The van der Waals surface area contributed by atoms with Gasteiger partial charge in [-0.15, -0.1) is 0 Å². The lowest BCUT2D eigenvalue weighted by Gasteiger charge is -2.28. The summed E-state index contributed by atoms with van der Waals surface area (Å²) in [5, 5.41) is 2.20. The summed E-state index contributed by atoms with van der Waals surface area (Å²) in [5.74, 6) is -4.39. The van der Waals surface area contributed by atoms with Crippen molar-refractivity contribution in [2.24, 2.45) is 0 Å². The van der Waals surface area contributed by atoms with Gasteiger partial charge in [-0.3, -0.25) is 9.69 Å². The highest BCUT2D eigenvalue weighted by atomic mass is 19.2. The minimum absolute atomic E-state index is 0.327. The van der Waals surface area contributed by atoms with Crippen LogP contribution in [0.2, 0.25) is 0 Å². The third-order valence-electron chi connectivity index (χ3n) is 3.45. The number of hydrogen-bond donors (Lipinski definition) is 1. The Morgan fingerprint density at radius 1 is 1.17 bits per heavy atom. The van der Waals surface area contributed by atoms with Crippen LogP contribution in [-0.2, 0) is 9.53 Å². The lowest BCUT2D eigenvalue weighted by Crippen LogP contribution is -2.45. The van der Waals surface area contributed by atoms with Gasteiger partial charge in [-0.25, -0.2) is 18.0 Å². The van der Waals surface area contributed by atoms with E-state index >= 15 is 0 Å². The molecule has 0 unspecified atom stereocenters. The van der Waals surface area contributed by atoms with E-state index in [2.05, 4.69) is 5.32 Å². The number of carbonyl (C=O) groups excluding carboxylic acids is 2. The van der Waals surface area contributed by atoms with Crippen molar-refractivity contribution in [1.29, 1.82) is 0 Å². The van der Waals surface area contributed by atoms with Crippen LogP contribution in [0.25, 0.3) is 0 Å². The predicted octanol–water partition coefficient (Wildman–Crippen LogP) is 3.44. The molecule has 0 bridgehead atoms. The van der Waals surface area contributed by atoms with Crippen molar-refractivity contribution in [3.05, 3.63) is 29.6 Å². The number of amides is 2. The molecule has 132 valence electrons. The van der Waals surface area contributed by atoms with Crippen LogP contribution in [0.15, 0.2) is 12.1 Å². The molecular weight excluding hydrogens is 325 g/mol. The molecule has 1 saturated heterocycles. The van der Waals surface area contributed by atoms with Gasteiger partial charge in [-0.2, -0.15) is 0 Å². The van der Waals surface area contributed by atoms with E-state index in [1.165, 1.54) is 4.90 Å². The Hall–Kier alpha value is -2.25. The Labute approximate surface area is 137 Å². The third kappa shape index (κ3) is 4.18. The molecule has 1 aliphatic rings. The van der Waals surface area contributed by atoms with Gasteiger partial charge in [-0.1, -0.05) is 0 Å². The van der Waals surface area contributed by atoms with Gasteiger partial charge in [0, 0.05) is 18.7 Å². The minimum atomic E-state index is -1.35. The Balaban J connectivity index is 2.11. The highest BCUT2D eigenvalue weighted by Gasteiger charge is 2.36. The number of ether oxygens (including phenoxy) is 1. The van der Waals surface area contributed by atoms with Crippen molar-refractivity contribution in [2.45, 2.75) is 45.3 Å². The van der Waals surface area contributed by atoms with Crippen LogP contribution in [0.3, 0.4) is 0 Å². The van der Waals surface area contributed by atoms with Gasteiger partial charge in [-0.05, 0) is 33.6 Å². The quantitative estimate of drug-likeness (QED) is 0.836. The molecule has 0 spiro atoms. The molecule has 1 heterocycles. The van der Waals surface area contributed by atoms with Crippen LogP contribution >= 0.6 is 0 Å². The smallest absolute Gasteiger partial charge is 0.410 e.